The summed E-state index contributed by atoms with van der Waals surface area (Å²) in [5, 5.41) is 6.76. The van der Waals surface area contributed by atoms with E-state index in [4.69, 9.17) is 17.0 Å². The van der Waals surface area contributed by atoms with Gasteiger partial charge in [0.25, 0.3) is 0 Å². The van der Waals surface area contributed by atoms with Gasteiger partial charge in [0, 0.05) is 25.5 Å². The van der Waals surface area contributed by atoms with Crippen molar-refractivity contribution in [2.75, 3.05) is 25.6 Å². The summed E-state index contributed by atoms with van der Waals surface area (Å²) in [4.78, 5) is 14.7. The Morgan fingerprint density at radius 2 is 1.88 bits per heavy atom. The first kappa shape index (κ1) is 20.2. The highest BCUT2D eigenvalue weighted by molar-refractivity contribution is 7.80. The number of hydrogen-bond acceptors (Lipinski definition) is 4. The number of benzene rings is 1. The molecule has 0 aliphatic carbocycles. The normalized spacial score (nSPS) is 16.8. The van der Waals surface area contributed by atoms with Crippen LogP contribution in [0, 0.1) is 0 Å². The van der Waals surface area contributed by atoms with Gasteiger partial charge in [-0.15, -0.1) is 0 Å². The van der Waals surface area contributed by atoms with E-state index in [1.807, 2.05) is 50.2 Å². The molecule has 0 radical (unpaired) electrons. The van der Waals surface area contributed by atoms with Crippen molar-refractivity contribution in [3.8, 4) is 0 Å². The third kappa shape index (κ3) is 5.21. The molecule has 1 aromatic rings. The highest BCUT2D eigenvalue weighted by Crippen LogP contribution is 2.29. The van der Waals surface area contributed by atoms with Crippen molar-refractivity contribution in [3.05, 3.63) is 41.1 Å². The van der Waals surface area contributed by atoms with Gasteiger partial charge in [-0.2, -0.15) is 0 Å². The predicted molar refractivity (Wildman–Crippen MR) is 110 cm³/mol. The molecule has 5 nitrogen and oxygen atoms in total. The van der Waals surface area contributed by atoms with Crippen LogP contribution < -0.4 is 15.5 Å². The van der Waals surface area contributed by atoms with Crippen LogP contribution in [-0.4, -0.2) is 31.8 Å². The first-order chi connectivity index (χ1) is 12.4. The number of esters is 1. The molecular weight excluding hydrogens is 346 g/mol. The number of ether oxygens (including phenoxy) is 1. The maximum atomic E-state index is 12.7. The number of anilines is 1. The SMILES string of the molecule is CCCCCCOC(=O)C1=C(C)NC(=S)NC1c1ccc(N(C)C)cc1. The van der Waals surface area contributed by atoms with Crippen LogP contribution in [0.3, 0.4) is 0 Å². The molecule has 1 aliphatic rings. The number of allylic oxidation sites excluding steroid dienone is 1. The van der Waals surface area contributed by atoms with Crippen molar-refractivity contribution >= 4 is 29.0 Å². The number of thiocarbonyl (C=S) groups is 1. The summed E-state index contributed by atoms with van der Waals surface area (Å²) >= 11 is 5.29. The van der Waals surface area contributed by atoms with Crippen LogP contribution in [-0.2, 0) is 9.53 Å². The number of rotatable bonds is 8. The Balaban J connectivity index is 2.15. The number of nitrogens with one attached hydrogen (secondary N) is 2. The third-order valence-corrected chi connectivity index (χ3v) is 4.68. The minimum atomic E-state index is -0.303. The fraction of sp³-hybridized carbons (Fsp3) is 0.500. The van der Waals surface area contributed by atoms with Crippen LogP contribution in [0.2, 0.25) is 0 Å². The molecule has 1 aromatic carbocycles. The minimum Gasteiger partial charge on any atom is -0.462 e. The van der Waals surface area contributed by atoms with Crippen molar-refractivity contribution in [2.24, 2.45) is 0 Å². The lowest BCUT2D eigenvalue weighted by Crippen LogP contribution is -2.45. The first-order valence-electron chi connectivity index (χ1n) is 9.16. The fourth-order valence-electron chi connectivity index (χ4n) is 2.95. The van der Waals surface area contributed by atoms with Gasteiger partial charge in [0.1, 0.15) is 0 Å². The molecule has 2 rings (SSSR count). The van der Waals surface area contributed by atoms with E-state index >= 15 is 0 Å². The summed E-state index contributed by atoms with van der Waals surface area (Å²) < 4.78 is 5.52. The molecule has 0 bridgehead atoms. The molecule has 1 aliphatic heterocycles. The zero-order valence-electron chi connectivity index (χ0n) is 16.1. The van der Waals surface area contributed by atoms with Crippen LogP contribution in [0.5, 0.6) is 0 Å². The molecule has 1 unspecified atom stereocenters. The van der Waals surface area contributed by atoms with E-state index in [1.165, 1.54) is 0 Å². The average molecular weight is 376 g/mol. The Bertz CT molecular complexity index is 668. The Kier molecular flexibility index (Phi) is 7.45. The van der Waals surface area contributed by atoms with Crippen LogP contribution >= 0.6 is 12.2 Å². The van der Waals surface area contributed by atoms with Gasteiger partial charge in [0.2, 0.25) is 0 Å². The van der Waals surface area contributed by atoms with E-state index in [9.17, 15) is 4.79 Å². The van der Waals surface area contributed by atoms with E-state index in [1.54, 1.807) is 0 Å². The summed E-state index contributed by atoms with van der Waals surface area (Å²) in [6.45, 7) is 4.48. The van der Waals surface area contributed by atoms with Gasteiger partial charge in [-0.25, -0.2) is 4.79 Å². The van der Waals surface area contributed by atoms with E-state index in [0.29, 0.717) is 17.3 Å². The molecule has 0 aromatic heterocycles. The molecule has 142 valence electrons. The number of nitrogens with zero attached hydrogens (tertiary/aromatic N) is 1. The lowest BCUT2D eigenvalue weighted by Gasteiger charge is -2.30. The molecule has 2 N–H and O–H groups in total. The molecule has 1 atom stereocenters. The highest BCUT2D eigenvalue weighted by Gasteiger charge is 2.30. The van der Waals surface area contributed by atoms with Crippen LogP contribution in [0.15, 0.2) is 35.5 Å². The lowest BCUT2D eigenvalue weighted by atomic mass is 9.95. The molecule has 0 amide bonds. The van der Waals surface area contributed by atoms with E-state index < -0.39 is 0 Å². The zero-order chi connectivity index (χ0) is 19.1. The molecular formula is C20H29N3O2S. The fourth-order valence-corrected chi connectivity index (χ4v) is 3.22. The molecule has 26 heavy (non-hydrogen) atoms. The van der Waals surface area contributed by atoms with Crippen molar-refractivity contribution < 1.29 is 9.53 Å². The van der Waals surface area contributed by atoms with Gasteiger partial charge in [-0.3, -0.25) is 0 Å². The molecule has 0 spiro atoms. The third-order valence-electron chi connectivity index (χ3n) is 4.46. The maximum absolute atomic E-state index is 12.7. The van der Waals surface area contributed by atoms with Gasteiger partial charge in [0.05, 0.1) is 18.2 Å². The van der Waals surface area contributed by atoms with E-state index in [2.05, 4.69) is 17.6 Å². The lowest BCUT2D eigenvalue weighted by molar-refractivity contribution is -0.139. The van der Waals surface area contributed by atoms with Crippen molar-refractivity contribution in [2.45, 2.75) is 45.6 Å². The van der Waals surface area contributed by atoms with E-state index in [0.717, 1.165) is 42.6 Å². The summed E-state index contributed by atoms with van der Waals surface area (Å²) in [7, 11) is 4.00. The smallest absolute Gasteiger partial charge is 0.338 e. The average Bonchev–Trinajstić information content (AvgIpc) is 2.60. The second-order valence-corrected chi connectivity index (χ2v) is 7.16. The van der Waals surface area contributed by atoms with Gasteiger partial charge >= 0.3 is 5.97 Å². The largest absolute Gasteiger partial charge is 0.462 e. The molecule has 0 saturated carbocycles. The van der Waals surface area contributed by atoms with Crippen molar-refractivity contribution in [1.29, 1.82) is 0 Å². The van der Waals surface area contributed by atoms with Gasteiger partial charge in [-0.05, 0) is 43.3 Å². The van der Waals surface area contributed by atoms with E-state index in [-0.39, 0.29) is 12.0 Å². The van der Waals surface area contributed by atoms with Crippen LogP contribution in [0.1, 0.15) is 51.1 Å². The number of hydrogen-bond donors (Lipinski definition) is 2. The molecule has 1 heterocycles. The highest BCUT2D eigenvalue weighted by atomic mass is 32.1. The van der Waals surface area contributed by atoms with Gasteiger partial charge < -0.3 is 20.3 Å². The topological polar surface area (TPSA) is 53.6 Å². The molecule has 0 saturated heterocycles. The van der Waals surface area contributed by atoms with Crippen LogP contribution in [0.25, 0.3) is 0 Å². The zero-order valence-corrected chi connectivity index (χ0v) is 16.9. The Morgan fingerprint density at radius 3 is 2.50 bits per heavy atom. The number of carbonyl (C=O) groups excluding carboxylic acids is 1. The van der Waals surface area contributed by atoms with Gasteiger partial charge in [0.15, 0.2) is 5.11 Å². The molecule has 0 fully saturated rings. The van der Waals surface area contributed by atoms with Gasteiger partial charge in [-0.1, -0.05) is 38.3 Å². The monoisotopic (exact) mass is 375 g/mol. The Labute approximate surface area is 161 Å². The predicted octanol–water partition coefficient (Wildman–Crippen LogP) is 3.67. The maximum Gasteiger partial charge on any atom is 0.338 e. The Hall–Kier alpha value is -2.08. The standard InChI is InChI=1S/C20H29N3O2S/c1-5-6-7-8-13-25-19(24)17-14(2)21-20(26)22-18(17)15-9-11-16(12-10-15)23(3)4/h9-12,18H,5-8,13H2,1-4H3,(H2,21,22,26). The second kappa shape index (κ2) is 9.57. The molecule has 6 heteroatoms. The number of carbonyl (C=O) groups is 1. The first-order valence-corrected chi connectivity index (χ1v) is 9.57. The van der Waals surface area contributed by atoms with Crippen molar-refractivity contribution in [1.82, 2.24) is 10.6 Å². The summed E-state index contributed by atoms with van der Waals surface area (Å²) in [5.74, 6) is -0.289. The summed E-state index contributed by atoms with van der Waals surface area (Å²) in [6.07, 6.45) is 4.30. The van der Waals surface area contributed by atoms with Crippen molar-refractivity contribution in [3.63, 3.8) is 0 Å². The number of unbranched alkanes of at least 4 members (excludes halogenated alkanes) is 3. The minimum absolute atomic E-state index is 0.289. The van der Waals surface area contributed by atoms with Crippen LogP contribution in [0.4, 0.5) is 5.69 Å². The summed E-state index contributed by atoms with van der Waals surface area (Å²) in [6, 6.07) is 7.80. The second-order valence-electron chi connectivity index (χ2n) is 6.75. The Morgan fingerprint density at radius 1 is 1.19 bits per heavy atom. The quantitative estimate of drug-likeness (QED) is 0.411. The summed E-state index contributed by atoms with van der Waals surface area (Å²) in [5.41, 5.74) is 3.42.